The lowest BCUT2D eigenvalue weighted by atomic mass is 9.74. The number of methoxy groups -OCH3 is 1. The molecule has 0 unspecified atom stereocenters. The Labute approximate surface area is 131 Å². The van der Waals surface area contributed by atoms with Gasteiger partial charge in [0.1, 0.15) is 0 Å². The molecule has 2 nitrogen and oxygen atoms in total. The van der Waals surface area contributed by atoms with Crippen molar-refractivity contribution in [2.45, 2.75) is 43.9 Å². The van der Waals surface area contributed by atoms with E-state index < -0.39 is 0 Å². The summed E-state index contributed by atoms with van der Waals surface area (Å²) in [7, 11) is 1.76. The Kier molecular flexibility index (Phi) is 6.53. The van der Waals surface area contributed by atoms with Gasteiger partial charge in [0, 0.05) is 30.1 Å². The zero-order valence-electron chi connectivity index (χ0n) is 12.5. The Balaban J connectivity index is 2.16. The van der Waals surface area contributed by atoms with Gasteiger partial charge in [0.2, 0.25) is 0 Å². The predicted octanol–water partition coefficient (Wildman–Crippen LogP) is 4.28. The minimum absolute atomic E-state index is 0.282. The molecule has 1 aromatic carbocycles. The highest BCUT2D eigenvalue weighted by atomic mass is 79.9. The van der Waals surface area contributed by atoms with Crippen molar-refractivity contribution in [3.05, 3.63) is 34.3 Å². The summed E-state index contributed by atoms with van der Waals surface area (Å²) in [6.07, 6.45) is 8.01. The first-order chi connectivity index (χ1) is 9.78. The summed E-state index contributed by atoms with van der Waals surface area (Å²) in [6.45, 7) is 2.77. The van der Waals surface area contributed by atoms with Crippen LogP contribution in [0.15, 0.2) is 28.7 Å². The third-order valence-electron chi connectivity index (χ3n) is 4.45. The van der Waals surface area contributed by atoms with Gasteiger partial charge in [-0.3, -0.25) is 0 Å². The maximum absolute atomic E-state index is 5.15. The van der Waals surface area contributed by atoms with Crippen LogP contribution in [0.5, 0.6) is 0 Å². The fraction of sp³-hybridized carbons (Fsp3) is 0.647. The van der Waals surface area contributed by atoms with Gasteiger partial charge in [-0.1, -0.05) is 59.8 Å². The fourth-order valence-electron chi connectivity index (χ4n) is 3.34. The monoisotopic (exact) mass is 339 g/mol. The highest BCUT2D eigenvalue weighted by Crippen LogP contribution is 2.40. The fourth-order valence-corrected chi connectivity index (χ4v) is 4.05. The van der Waals surface area contributed by atoms with Crippen LogP contribution in [0.25, 0.3) is 0 Å². The van der Waals surface area contributed by atoms with Gasteiger partial charge >= 0.3 is 0 Å². The van der Waals surface area contributed by atoms with E-state index in [1.807, 2.05) is 0 Å². The van der Waals surface area contributed by atoms with Crippen molar-refractivity contribution >= 4 is 15.9 Å². The molecular weight excluding hydrogens is 314 g/mol. The zero-order chi connectivity index (χ0) is 14.3. The quantitative estimate of drug-likeness (QED) is 0.617. The van der Waals surface area contributed by atoms with Crippen LogP contribution in [0.2, 0.25) is 0 Å². The number of benzene rings is 1. The smallest absolute Gasteiger partial charge is 0.0587 e. The van der Waals surface area contributed by atoms with Gasteiger partial charge in [0.15, 0.2) is 0 Å². The van der Waals surface area contributed by atoms with E-state index in [0.717, 1.165) is 19.7 Å². The van der Waals surface area contributed by atoms with E-state index in [9.17, 15) is 0 Å². The molecule has 1 aromatic rings. The summed E-state index contributed by atoms with van der Waals surface area (Å²) in [6, 6.07) is 8.75. The summed E-state index contributed by atoms with van der Waals surface area (Å²) in [5, 5.41) is 3.60. The van der Waals surface area contributed by atoms with Crippen LogP contribution in [-0.4, -0.2) is 26.8 Å². The number of hydrogen-bond donors (Lipinski definition) is 1. The van der Waals surface area contributed by atoms with Gasteiger partial charge in [0.25, 0.3) is 0 Å². The maximum Gasteiger partial charge on any atom is 0.0587 e. The molecule has 0 bridgehead atoms. The van der Waals surface area contributed by atoms with Gasteiger partial charge in [-0.2, -0.15) is 0 Å². The highest BCUT2D eigenvalue weighted by Gasteiger charge is 2.33. The molecule has 2 rings (SSSR count). The van der Waals surface area contributed by atoms with Crippen LogP contribution in [0.3, 0.4) is 0 Å². The molecule has 1 N–H and O–H groups in total. The Morgan fingerprint density at radius 2 is 1.85 bits per heavy atom. The average molecular weight is 340 g/mol. The molecule has 0 atom stereocenters. The third kappa shape index (κ3) is 4.06. The van der Waals surface area contributed by atoms with E-state index in [-0.39, 0.29) is 5.41 Å². The molecule has 1 saturated carbocycles. The summed E-state index contributed by atoms with van der Waals surface area (Å²) < 4.78 is 6.41. The van der Waals surface area contributed by atoms with Crippen LogP contribution in [0, 0.1) is 0 Å². The Hall–Kier alpha value is -0.380. The third-order valence-corrected chi connectivity index (χ3v) is 5.14. The number of ether oxygens (including phenoxy) is 1. The molecule has 3 heteroatoms. The van der Waals surface area contributed by atoms with Crippen molar-refractivity contribution in [3.8, 4) is 0 Å². The van der Waals surface area contributed by atoms with Crippen molar-refractivity contribution in [2.75, 3.05) is 26.8 Å². The van der Waals surface area contributed by atoms with Crippen LogP contribution in [0.1, 0.15) is 44.1 Å². The Morgan fingerprint density at radius 3 is 2.50 bits per heavy atom. The minimum atomic E-state index is 0.282. The second kappa shape index (κ2) is 8.16. The molecule has 1 fully saturated rings. The second-order valence-electron chi connectivity index (χ2n) is 5.84. The van der Waals surface area contributed by atoms with E-state index in [4.69, 9.17) is 4.74 Å². The van der Waals surface area contributed by atoms with Crippen molar-refractivity contribution in [2.24, 2.45) is 0 Å². The lowest BCUT2D eigenvalue weighted by Crippen LogP contribution is -2.39. The summed E-state index contributed by atoms with van der Waals surface area (Å²) in [4.78, 5) is 0. The first kappa shape index (κ1) is 16.0. The second-order valence-corrected chi connectivity index (χ2v) is 6.70. The van der Waals surface area contributed by atoms with Crippen molar-refractivity contribution < 1.29 is 4.74 Å². The molecule has 0 spiro atoms. The number of nitrogens with one attached hydrogen (secondary N) is 1. The van der Waals surface area contributed by atoms with E-state index in [1.165, 1.54) is 48.6 Å². The molecule has 0 amide bonds. The minimum Gasteiger partial charge on any atom is -0.383 e. The summed E-state index contributed by atoms with van der Waals surface area (Å²) in [5.41, 5.74) is 1.76. The van der Waals surface area contributed by atoms with E-state index >= 15 is 0 Å². The standard InChI is InChI=1S/C17H26BrNO/c1-20-13-12-19-14-17(10-6-2-3-7-11-17)15-8-4-5-9-16(15)18/h4-5,8-9,19H,2-3,6-7,10-14H2,1H3. The van der Waals surface area contributed by atoms with Gasteiger partial charge in [-0.25, -0.2) is 0 Å². The van der Waals surface area contributed by atoms with Gasteiger partial charge < -0.3 is 10.1 Å². The first-order valence-electron chi connectivity index (χ1n) is 7.73. The normalized spacial score (nSPS) is 18.7. The van der Waals surface area contributed by atoms with Gasteiger partial charge in [-0.05, 0) is 24.5 Å². The van der Waals surface area contributed by atoms with Gasteiger partial charge in [-0.15, -0.1) is 0 Å². The molecule has 1 aliphatic rings. The van der Waals surface area contributed by atoms with E-state index in [2.05, 4.69) is 45.5 Å². The molecule has 112 valence electrons. The van der Waals surface area contributed by atoms with Crippen LogP contribution < -0.4 is 5.32 Å². The van der Waals surface area contributed by atoms with Gasteiger partial charge in [0.05, 0.1) is 6.61 Å². The SMILES string of the molecule is COCCNCC1(c2ccccc2Br)CCCCCC1. The summed E-state index contributed by atoms with van der Waals surface area (Å²) >= 11 is 3.76. The van der Waals surface area contributed by atoms with Crippen molar-refractivity contribution in [1.29, 1.82) is 0 Å². The molecule has 0 radical (unpaired) electrons. The largest absolute Gasteiger partial charge is 0.383 e. The molecule has 0 aromatic heterocycles. The van der Waals surface area contributed by atoms with Crippen molar-refractivity contribution in [3.63, 3.8) is 0 Å². The van der Waals surface area contributed by atoms with E-state index in [0.29, 0.717) is 0 Å². The van der Waals surface area contributed by atoms with Crippen molar-refractivity contribution in [1.82, 2.24) is 5.32 Å². The maximum atomic E-state index is 5.15. The van der Waals surface area contributed by atoms with Crippen LogP contribution in [-0.2, 0) is 10.2 Å². The zero-order valence-corrected chi connectivity index (χ0v) is 14.0. The lowest BCUT2D eigenvalue weighted by Gasteiger charge is -2.35. The number of halogens is 1. The Bertz CT molecular complexity index is 400. The van der Waals surface area contributed by atoms with Crippen LogP contribution >= 0.6 is 15.9 Å². The van der Waals surface area contributed by atoms with Crippen LogP contribution in [0.4, 0.5) is 0 Å². The Morgan fingerprint density at radius 1 is 1.15 bits per heavy atom. The summed E-state index contributed by atoms with van der Waals surface area (Å²) in [5.74, 6) is 0. The predicted molar refractivity (Wildman–Crippen MR) is 88.3 cm³/mol. The molecule has 0 aliphatic heterocycles. The number of hydrogen-bond acceptors (Lipinski definition) is 2. The molecule has 1 aliphatic carbocycles. The first-order valence-corrected chi connectivity index (χ1v) is 8.52. The highest BCUT2D eigenvalue weighted by molar-refractivity contribution is 9.10. The molecule has 20 heavy (non-hydrogen) atoms. The molecule has 0 heterocycles. The molecular formula is C17H26BrNO. The number of rotatable bonds is 6. The average Bonchev–Trinajstić information content (AvgIpc) is 2.71. The lowest BCUT2D eigenvalue weighted by molar-refractivity contribution is 0.195. The van der Waals surface area contributed by atoms with E-state index in [1.54, 1.807) is 7.11 Å². The topological polar surface area (TPSA) is 21.3 Å². The molecule has 0 saturated heterocycles.